The zero-order chi connectivity index (χ0) is 60.2. The van der Waals surface area contributed by atoms with Crippen LogP contribution in [0.5, 0.6) is 0 Å². The molecule has 87 heavy (non-hydrogen) atoms. The van der Waals surface area contributed by atoms with Gasteiger partial charge in [0.1, 0.15) is 0 Å². The molecule has 0 aromatic heterocycles. The third-order valence-corrected chi connectivity index (χ3v) is 22.3. The third-order valence-electron chi connectivity index (χ3n) is 22.3. The predicted octanol–water partition coefficient (Wildman–Crippen LogP) is 26.0. The summed E-state index contributed by atoms with van der Waals surface area (Å²) in [6.07, 6.45) is 52.0. The number of rotatable bonds is 15. The molecule has 0 aliphatic heterocycles. The standard InChI is InChI=1S/C30H38.C29H36.C28H34/c1-3-5-23-7-11-25(12-8-23)27-15-19-29(20-16-27)30-21-17-28(18-22-30)26-13-9-24(6-4-2)10-14-26;1-3-5-23-8-12-25(13-9-23)27-16-20-29(21-17-27)28-18-14-26(15-19-28)24-10-6-22(4-2)7-11-24;1-3-21-5-9-23(10-6-21)25-13-17-27(18-14-25)28-19-15-26(16-20-28)24-11-7-22(4-2)8-12-24/h3-6,15-26H,7-14H2,1-2H3;3-5,14-25H,2,6-13H2,1H3;3-4,13-24H,1-2,5-12H2/b5-3+,6-4+;5-3+;. The SMILES string of the molecule is C/C=C/C1CCC(c2ccc(-c3ccc(C4CCC(/C=C/C)CC4)cc3)cc2)CC1.C=CC1CCC(c2ccc(-c3ccc(C4CCC(/C=C/C)CC4)cc3)cc2)CC1.C=CC1CCC(c2ccc(-c3ccc(C4CCC(C=C)CC4)cc3)cc2)CC1. The second-order valence-electron chi connectivity index (χ2n) is 27.7. The van der Waals surface area contributed by atoms with Crippen LogP contribution in [0.1, 0.15) is 244 Å². The van der Waals surface area contributed by atoms with Crippen molar-refractivity contribution in [2.45, 2.75) is 210 Å². The molecule has 6 aromatic carbocycles. The third kappa shape index (κ3) is 17.8. The molecule has 6 saturated carbocycles. The van der Waals surface area contributed by atoms with Gasteiger partial charge in [-0.3, -0.25) is 0 Å². The van der Waals surface area contributed by atoms with Crippen molar-refractivity contribution in [1.82, 2.24) is 0 Å². The first-order valence-electron chi connectivity index (χ1n) is 35.2. The second kappa shape index (κ2) is 32.8. The zero-order valence-electron chi connectivity index (χ0n) is 54.1. The van der Waals surface area contributed by atoms with Crippen LogP contribution in [0.3, 0.4) is 0 Å². The van der Waals surface area contributed by atoms with E-state index >= 15 is 0 Å². The summed E-state index contributed by atoms with van der Waals surface area (Å²) in [7, 11) is 0. The molecule has 6 aliphatic carbocycles. The van der Waals surface area contributed by atoms with Crippen molar-refractivity contribution in [3.8, 4) is 33.4 Å². The molecule has 0 nitrogen and oxygen atoms in total. The molecule has 0 saturated heterocycles. The first-order valence-corrected chi connectivity index (χ1v) is 35.2. The van der Waals surface area contributed by atoms with Gasteiger partial charge in [-0.2, -0.15) is 0 Å². The van der Waals surface area contributed by atoms with E-state index < -0.39 is 0 Å². The van der Waals surface area contributed by atoms with E-state index in [1.807, 2.05) is 0 Å². The molecule has 0 radical (unpaired) electrons. The van der Waals surface area contributed by atoms with Crippen LogP contribution in [0, 0.1) is 35.5 Å². The number of allylic oxidation sites excluding steroid dienone is 9. The lowest BCUT2D eigenvalue weighted by molar-refractivity contribution is 0.375. The van der Waals surface area contributed by atoms with Gasteiger partial charge in [0.25, 0.3) is 0 Å². The molecule has 0 unspecified atom stereocenters. The van der Waals surface area contributed by atoms with Crippen LogP contribution < -0.4 is 0 Å². The molecule has 0 atom stereocenters. The van der Waals surface area contributed by atoms with Crippen molar-refractivity contribution in [3.05, 3.63) is 253 Å². The quantitative estimate of drug-likeness (QED) is 0.0899. The molecule has 0 N–H and O–H groups in total. The zero-order valence-corrected chi connectivity index (χ0v) is 54.1. The topological polar surface area (TPSA) is 0 Å². The lowest BCUT2D eigenvalue weighted by atomic mass is 9.78. The molecule has 0 spiro atoms. The fourth-order valence-electron chi connectivity index (χ4n) is 16.5. The van der Waals surface area contributed by atoms with Crippen molar-refractivity contribution in [2.75, 3.05) is 0 Å². The monoisotopic (exact) mass is 1150 g/mol. The van der Waals surface area contributed by atoms with Gasteiger partial charge in [-0.05, 0) is 313 Å². The molecule has 0 bridgehead atoms. The second-order valence-corrected chi connectivity index (χ2v) is 27.7. The van der Waals surface area contributed by atoms with E-state index in [9.17, 15) is 0 Å². The van der Waals surface area contributed by atoms with Crippen molar-refractivity contribution >= 4 is 0 Å². The summed E-state index contributed by atoms with van der Waals surface area (Å²) in [5, 5.41) is 0. The van der Waals surface area contributed by atoms with Crippen LogP contribution in [-0.4, -0.2) is 0 Å². The molecule has 12 rings (SSSR count). The lowest BCUT2D eigenvalue weighted by Crippen LogP contribution is -2.11. The summed E-state index contributed by atoms with van der Waals surface area (Å²) in [5.41, 5.74) is 17.2. The Bertz CT molecular complexity index is 2910. The minimum absolute atomic E-state index is 0.735. The molecule has 0 amide bonds. The molecular weight excluding hydrogens is 1040 g/mol. The van der Waals surface area contributed by atoms with Gasteiger partial charge in [0, 0.05) is 0 Å². The number of hydrogen-bond donors (Lipinski definition) is 0. The van der Waals surface area contributed by atoms with Crippen molar-refractivity contribution in [1.29, 1.82) is 0 Å². The number of hydrogen-bond acceptors (Lipinski definition) is 0. The van der Waals surface area contributed by atoms with E-state index in [0.29, 0.717) is 0 Å². The van der Waals surface area contributed by atoms with E-state index in [2.05, 4.69) is 241 Å². The van der Waals surface area contributed by atoms with Crippen LogP contribution in [0.25, 0.3) is 33.4 Å². The molecule has 6 fully saturated rings. The summed E-state index contributed by atoms with van der Waals surface area (Å²) < 4.78 is 0. The van der Waals surface area contributed by atoms with Gasteiger partial charge in [0.05, 0.1) is 0 Å². The fourth-order valence-corrected chi connectivity index (χ4v) is 16.5. The molecule has 6 aromatic rings. The van der Waals surface area contributed by atoms with Gasteiger partial charge < -0.3 is 0 Å². The van der Waals surface area contributed by atoms with Crippen molar-refractivity contribution in [2.24, 2.45) is 35.5 Å². The molecule has 456 valence electrons. The fraction of sp³-hybridized carbons (Fsp3) is 0.448. The van der Waals surface area contributed by atoms with Crippen molar-refractivity contribution in [3.63, 3.8) is 0 Å². The predicted molar refractivity (Wildman–Crippen MR) is 379 cm³/mol. The van der Waals surface area contributed by atoms with Crippen LogP contribution in [0.2, 0.25) is 0 Å². The van der Waals surface area contributed by atoms with Gasteiger partial charge in [0.2, 0.25) is 0 Å². The van der Waals surface area contributed by atoms with E-state index in [0.717, 1.165) is 71.0 Å². The van der Waals surface area contributed by atoms with E-state index in [1.54, 1.807) is 0 Å². The van der Waals surface area contributed by atoms with E-state index in [-0.39, 0.29) is 0 Å². The lowest BCUT2D eigenvalue weighted by Gasteiger charge is -2.27. The minimum atomic E-state index is 0.735. The highest BCUT2D eigenvalue weighted by Gasteiger charge is 2.26. The summed E-state index contributed by atoms with van der Waals surface area (Å²) in [5.74, 6) is 9.09. The summed E-state index contributed by atoms with van der Waals surface area (Å²) in [6.45, 7) is 18.3. The Balaban J connectivity index is 0.000000145. The highest BCUT2D eigenvalue weighted by atomic mass is 14.3. The average Bonchev–Trinajstić information content (AvgIpc) is 3.78. The maximum atomic E-state index is 3.97. The Morgan fingerprint density at radius 3 is 0.471 bits per heavy atom. The average molecular weight is 1150 g/mol. The Kier molecular flexibility index (Phi) is 24.1. The summed E-state index contributed by atoms with van der Waals surface area (Å²) >= 11 is 0. The molecule has 6 aliphatic rings. The van der Waals surface area contributed by atoms with Gasteiger partial charge in [-0.25, -0.2) is 0 Å². The Morgan fingerprint density at radius 2 is 0.345 bits per heavy atom. The highest BCUT2D eigenvalue weighted by molar-refractivity contribution is 5.66. The van der Waals surface area contributed by atoms with Gasteiger partial charge in [-0.1, -0.05) is 200 Å². The normalized spacial score (nSPS) is 27.8. The number of benzene rings is 6. The molecule has 0 heterocycles. The minimum Gasteiger partial charge on any atom is -0.103 e. The Labute approximate surface area is 529 Å². The van der Waals surface area contributed by atoms with Crippen molar-refractivity contribution < 1.29 is 0 Å². The Morgan fingerprint density at radius 1 is 0.207 bits per heavy atom. The van der Waals surface area contributed by atoms with Crippen LogP contribution >= 0.6 is 0 Å². The van der Waals surface area contributed by atoms with Crippen LogP contribution in [-0.2, 0) is 0 Å². The smallest absolute Gasteiger partial charge is 0.0162 e. The summed E-state index contributed by atoms with van der Waals surface area (Å²) in [6, 6.07) is 56.4. The van der Waals surface area contributed by atoms with Crippen LogP contribution in [0.15, 0.2) is 220 Å². The maximum Gasteiger partial charge on any atom is -0.0162 e. The Hall–Kier alpha value is -6.24. The largest absolute Gasteiger partial charge is 0.103 e. The van der Waals surface area contributed by atoms with Gasteiger partial charge >= 0.3 is 0 Å². The first kappa shape index (κ1) is 63.8. The van der Waals surface area contributed by atoms with E-state index in [4.69, 9.17) is 0 Å². The first-order chi connectivity index (χ1) is 42.8. The van der Waals surface area contributed by atoms with Gasteiger partial charge in [-0.15, -0.1) is 19.7 Å². The molecular formula is C87H108. The highest BCUT2D eigenvalue weighted by Crippen LogP contribution is 2.43. The summed E-state index contributed by atoms with van der Waals surface area (Å²) in [4.78, 5) is 0. The maximum absolute atomic E-state index is 3.97. The van der Waals surface area contributed by atoms with Crippen LogP contribution in [0.4, 0.5) is 0 Å². The van der Waals surface area contributed by atoms with E-state index in [1.165, 1.54) is 221 Å². The molecule has 0 heteroatoms. The van der Waals surface area contributed by atoms with Gasteiger partial charge in [0.15, 0.2) is 0 Å².